The summed E-state index contributed by atoms with van der Waals surface area (Å²) in [6.45, 7) is 1.84. The first-order chi connectivity index (χ1) is 9.66. The predicted octanol–water partition coefficient (Wildman–Crippen LogP) is 3.42. The number of carbonyl (C=O) groups excluding carboxylic acids is 1. The summed E-state index contributed by atoms with van der Waals surface area (Å²) in [7, 11) is 0. The van der Waals surface area contributed by atoms with Crippen molar-refractivity contribution in [1.82, 2.24) is 4.98 Å². The minimum Gasteiger partial charge on any atom is -0.369 e. The zero-order chi connectivity index (χ0) is 14.1. The van der Waals surface area contributed by atoms with Crippen LogP contribution in [0.15, 0.2) is 54.6 Å². The summed E-state index contributed by atoms with van der Waals surface area (Å²) in [5.41, 5.74) is 9.51. The quantitative estimate of drug-likeness (QED) is 0.748. The van der Waals surface area contributed by atoms with Crippen LogP contribution in [-0.2, 0) is 4.79 Å². The van der Waals surface area contributed by atoms with Gasteiger partial charge in [0.2, 0.25) is 5.91 Å². The van der Waals surface area contributed by atoms with Crippen LogP contribution in [0.1, 0.15) is 18.4 Å². The average Bonchev–Trinajstić information content (AvgIpc) is 2.90. The molecule has 0 fully saturated rings. The summed E-state index contributed by atoms with van der Waals surface area (Å²) in [4.78, 5) is 14.9. The molecule has 0 aliphatic heterocycles. The SMILES string of the molecule is CC(C(N)=O)c1ccccc1-c1cc2ccccc2[nH]1. The molecule has 1 aromatic heterocycles. The van der Waals surface area contributed by atoms with Crippen LogP contribution >= 0.6 is 0 Å². The van der Waals surface area contributed by atoms with Gasteiger partial charge in [0.15, 0.2) is 0 Å². The van der Waals surface area contributed by atoms with E-state index in [0.717, 1.165) is 27.7 Å². The van der Waals surface area contributed by atoms with Crippen molar-refractivity contribution in [1.29, 1.82) is 0 Å². The number of para-hydroxylation sites is 1. The minimum atomic E-state index is -0.312. The molecule has 20 heavy (non-hydrogen) atoms. The van der Waals surface area contributed by atoms with Crippen LogP contribution in [-0.4, -0.2) is 10.9 Å². The Kier molecular flexibility index (Phi) is 3.03. The van der Waals surface area contributed by atoms with Gasteiger partial charge in [-0.2, -0.15) is 0 Å². The van der Waals surface area contributed by atoms with Gasteiger partial charge >= 0.3 is 0 Å². The fourth-order valence-corrected chi connectivity index (χ4v) is 2.49. The van der Waals surface area contributed by atoms with Gasteiger partial charge in [-0.25, -0.2) is 0 Å². The molecular weight excluding hydrogens is 248 g/mol. The number of amides is 1. The van der Waals surface area contributed by atoms with Crippen LogP contribution in [0.25, 0.3) is 22.2 Å². The van der Waals surface area contributed by atoms with E-state index in [9.17, 15) is 4.79 Å². The minimum absolute atomic E-state index is 0.308. The number of hydrogen-bond acceptors (Lipinski definition) is 1. The third-order valence-corrected chi connectivity index (χ3v) is 3.67. The molecule has 3 N–H and O–H groups in total. The summed E-state index contributed by atoms with van der Waals surface area (Å²) in [6.07, 6.45) is 0. The molecule has 1 heterocycles. The van der Waals surface area contributed by atoms with Gasteiger partial charge in [0.05, 0.1) is 5.92 Å². The Bertz CT molecular complexity index is 740. The molecule has 0 bridgehead atoms. The van der Waals surface area contributed by atoms with E-state index in [1.807, 2.05) is 49.4 Å². The number of benzene rings is 2. The van der Waals surface area contributed by atoms with E-state index in [1.54, 1.807) is 0 Å². The van der Waals surface area contributed by atoms with Gasteiger partial charge in [-0.05, 0) is 24.6 Å². The maximum atomic E-state index is 11.5. The van der Waals surface area contributed by atoms with E-state index < -0.39 is 0 Å². The lowest BCUT2D eigenvalue weighted by atomic mass is 9.93. The van der Waals surface area contributed by atoms with Crippen LogP contribution in [0, 0.1) is 0 Å². The molecule has 0 saturated carbocycles. The van der Waals surface area contributed by atoms with E-state index in [-0.39, 0.29) is 11.8 Å². The summed E-state index contributed by atoms with van der Waals surface area (Å²) < 4.78 is 0. The Balaban J connectivity index is 2.16. The van der Waals surface area contributed by atoms with Crippen LogP contribution in [0.3, 0.4) is 0 Å². The molecule has 3 nitrogen and oxygen atoms in total. The zero-order valence-electron chi connectivity index (χ0n) is 11.3. The van der Waals surface area contributed by atoms with Crippen molar-refractivity contribution >= 4 is 16.8 Å². The molecule has 0 radical (unpaired) electrons. The monoisotopic (exact) mass is 264 g/mol. The predicted molar refractivity (Wildman–Crippen MR) is 81.3 cm³/mol. The Morgan fingerprint density at radius 1 is 1.10 bits per heavy atom. The maximum absolute atomic E-state index is 11.5. The lowest BCUT2D eigenvalue weighted by molar-refractivity contribution is -0.119. The van der Waals surface area contributed by atoms with Crippen molar-refractivity contribution in [3.05, 3.63) is 60.2 Å². The standard InChI is InChI=1S/C17H16N2O/c1-11(17(18)20)13-7-3-4-8-14(13)16-10-12-6-2-5-9-15(12)19-16/h2-11,19H,1H3,(H2,18,20). The van der Waals surface area contributed by atoms with E-state index >= 15 is 0 Å². The smallest absolute Gasteiger partial charge is 0.224 e. The van der Waals surface area contributed by atoms with Gasteiger partial charge in [0, 0.05) is 22.2 Å². The molecule has 3 aromatic rings. The fourth-order valence-electron chi connectivity index (χ4n) is 2.49. The first kappa shape index (κ1) is 12.5. The van der Waals surface area contributed by atoms with Crippen molar-refractivity contribution in [2.24, 2.45) is 5.73 Å². The summed E-state index contributed by atoms with van der Waals surface area (Å²) >= 11 is 0. The average molecular weight is 264 g/mol. The molecule has 0 aliphatic carbocycles. The number of nitrogens with two attached hydrogens (primary N) is 1. The molecule has 3 rings (SSSR count). The van der Waals surface area contributed by atoms with Gasteiger partial charge < -0.3 is 10.7 Å². The second-order valence-electron chi connectivity index (χ2n) is 4.98. The molecule has 1 atom stereocenters. The first-order valence-corrected chi connectivity index (χ1v) is 6.63. The molecule has 0 aliphatic rings. The molecule has 1 unspecified atom stereocenters. The Hall–Kier alpha value is -2.55. The number of rotatable bonds is 3. The molecule has 1 amide bonds. The van der Waals surface area contributed by atoms with Gasteiger partial charge in [0.25, 0.3) is 0 Å². The molecule has 0 saturated heterocycles. The highest BCUT2D eigenvalue weighted by molar-refractivity contribution is 5.89. The molecule has 3 heteroatoms. The van der Waals surface area contributed by atoms with E-state index in [0.29, 0.717) is 0 Å². The van der Waals surface area contributed by atoms with Gasteiger partial charge in [-0.3, -0.25) is 4.79 Å². The number of aromatic amines is 1. The van der Waals surface area contributed by atoms with Crippen molar-refractivity contribution in [2.45, 2.75) is 12.8 Å². The van der Waals surface area contributed by atoms with Crippen LogP contribution in [0.5, 0.6) is 0 Å². The number of aromatic nitrogens is 1. The highest BCUT2D eigenvalue weighted by Gasteiger charge is 2.17. The molecule has 2 aromatic carbocycles. The zero-order valence-corrected chi connectivity index (χ0v) is 11.3. The first-order valence-electron chi connectivity index (χ1n) is 6.63. The third-order valence-electron chi connectivity index (χ3n) is 3.67. The number of H-pyrrole nitrogens is 1. The van der Waals surface area contributed by atoms with Crippen molar-refractivity contribution in [3.8, 4) is 11.3 Å². The third kappa shape index (κ3) is 2.07. The number of nitrogens with one attached hydrogen (secondary N) is 1. The molecule has 100 valence electrons. The number of carbonyl (C=O) groups is 1. The van der Waals surface area contributed by atoms with Crippen LogP contribution in [0.4, 0.5) is 0 Å². The van der Waals surface area contributed by atoms with E-state index in [2.05, 4.69) is 17.1 Å². The van der Waals surface area contributed by atoms with Crippen molar-refractivity contribution in [3.63, 3.8) is 0 Å². The number of primary amides is 1. The number of fused-ring (bicyclic) bond motifs is 1. The highest BCUT2D eigenvalue weighted by Crippen LogP contribution is 2.30. The highest BCUT2D eigenvalue weighted by atomic mass is 16.1. The van der Waals surface area contributed by atoms with E-state index in [1.165, 1.54) is 0 Å². The van der Waals surface area contributed by atoms with Crippen molar-refractivity contribution < 1.29 is 4.79 Å². The second-order valence-corrected chi connectivity index (χ2v) is 4.98. The summed E-state index contributed by atoms with van der Waals surface area (Å²) in [5.74, 6) is -0.619. The number of hydrogen-bond donors (Lipinski definition) is 2. The Morgan fingerprint density at radius 3 is 2.55 bits per heavy atom. The second kappa shape index (κ2) is 4.85. The Labute approximate surface area is 117 Å². The lowest BCUT2D eigenvalue weighted by Crippen LogP contribution is -2.19. The molecular formula is C17H16N2O. The maximum Gasteiger partial charge on any atom is 0.224 e. The Morgan fingerprint density at radius 2 is 1.80 bits per heavy atom. The van der Waals surface area contributed by atoms with Gasteiger partial charge in [-0.15, -0.1) is 0 Å². The fraction of sp³-hybridized carbons (Fsp3) is 0.118. The van der Waals surface area contributed by atoms with Crippen LogP contribution in [0.2, 0.25) is 0 Å². The summed E-state index contributed by atoms with van der Waals surface area (Å²) in [6, 6.07) is 18.1. The van der Waals surface area contributed by atoms with Crippen LogP contribution < -0.4 is 5.73 Å². The van der Waals surface area contributed by atoms with E-state index in [4.69, 9.17) is 5.73 Å². The topological polar surface area (TPSA) is 58.9 Å². The molecule has 0 spiro atoms. The summed E-state index contributed by atoms with van der Waals surface area (Å²) in [5, 5.41) is 1.16. The van der Waals surface area contributed by atoms with Gasteiger partial charge in [0.1, 0.15) is 0 Å². The van der Waals surface area contributed by atoms with Crippen molar-refractivity contribution in [2.75, 3.05) is 0 Å². The normalized spacial score (nSPS) is 12.4. The van der Waals surface area contributed by atoms with Gasteiger partial charge in [-0.1, -0.05) is 42.5 Å². The lowest BCUT2D eigenvalue weighted by Gasteiger charge is -2.12. The largest absolute Gasteiger partial charge is 0.369 e.